The lowest BCUT2D eigenvalue weighted by Crippen LogP contribution is -2.27. The Labute approximate surface area is 75.4 Å². The molecule has 2 heteroatoms. The van der Waals surface area contributed by atoms with Crippen LogP contribution in [0.3, 0.4) is 0 Å². The summed E-state index contributed by atoms with van der Waals surface area (Å²) >= 11 is 4.33. The molecule has 1 rings (SSSR count). The minimum atomic E-state index is 0.545. The van der Waals surface area contributed by atoms with Crippen molar-refractivity contribution in [1.82, 2.24) is 5.32 Å². The van der Waals surface area contributed by atoms with Gasteiger partial charge in [0, 0.05) is 11.3 Å². The first-order chi connectivity index (χ1) is 5.29. The average molecular weight is 173 g/mol. The van der Waals surface area contributed by atoms with E-state index in [0.29, 0.717) is 5.25 Å². The lowest BCUT2D eigenvalue weighted by Gasteiger charge is -2.12. The molecule has 0 aliphatic heterocycles. The smallest absolute Gasteiger partial charge is 0.00670 e. The van der Waals surface area contributed by atoms with Crippen molar-refractivity contribution in [3.05, 3.63) is 0 Å². The number of hydrogen-bond donors (Lipinski definition) is 2. The molecule has 1 unspecified atom stereocenters. The quantitative estimate of drug-likeness (QED) is 0.621. The van der Waals surface area contributed by atoms with Crippen molar-refractivity contribution in [3.8, 4) is 0 Å². The molecular formula is C9H19NS. The molecule has 0 bridgehead atoms. The summed E-state index contributed by atoms with van der Waals surface area (Å²) in [4.78, 5) is 0. The zero-order valence-electron chi connectivity index (χ0n) is 7.34. The summed E-state index contributed by atoms with van der Waals surface area (Å²) in [7, 11) is 0. The highest BCUT2D eigenvalue weighted by Gasteiger charge is 2.13. The summed E-state index contributed by atoms with van der Waals surface area (Å²) in [6.45, 7) is 3.30. The van der Waals surface area contributed by atoms with E-state index in [0.717, 1.165) is 12.6 Å². The average Bonchev–Trinajstić information content (AvgIpc) is 2.39. The Kier molecular flexibility index (Phi) is 4.31. The Bertz CT molecular complexity index is 97.7. The molecule has 0 aromatic carbocycles. The van der Waals surface area contributed by atoms with Crippen molar-refractivity contribution < 1.29 is 0 Å². The first-order valence-corrected chi connectivity index (χ1v) is 5.22. The summed E-state index contributed by atoms with van der Waals surface area (Å²) in [5.41, 5.74) is 0. The van der Waals surface area contributed by atoms with Gasteiger partial charge in [-0.3, -0.25) is 0 Å². The van der Waals surface area contributed by atoms with E-state index in [-0.39, 0.29) is 0 Å². The van der Waals surface area contributed by atoms with Crippen LogP contribution in [-0.4, -0.2) is 17.8 Å². The van der Waals surface area contributed by atoms with E-state index in [1.54, 1.807) is 0 Å². The number of nitrogens with one attached hydrogen (secondary N) is 1. The zero-order valence-corrected chi connectivity index (χ0v) is 8.24. The Morgan fingerprint density at radius 1 is 1.45 bits per heavy atom. The predicted octanol–water partition coefficient (Wildman–Crippen LogP) is 2.23. The van der Waals surface area contributed by atoms with Crippen molar-refractivity contribution in [2.75, 3.05) is 6.54 Å². The van der Waals surface area contributed by atoms with Gasteiger partial charge >= 0.3 is 0 Å². The van der Waals surface area contributed by atoms with Gasteiger partial charge in [0.1, 0.15) is 0 Å². The van der Waals surface area contributed by atoms with E-state index in [9.17, 15) is 0 Å². The van der Waals surface area contributed by atoms with Crippen molar-refractivity contribution in [2.45, 2.75) is 50.3 Å². The van der Waals surface area contributed by atoms with Gasteiger partial charge in [0.2, 0.25) is 0 Å². The van der Waals surface area contributed by atoms with Crippen molar-refractivity contribution in [2.24, 2.45) is 0 Å². The van der Waals surface area contributed by atoms with Gasteiger partial charge in [0.05, 0.1) is 0 Å². The number of hydrogen-bond acceptors (Lipinski definition) is 2. The van der Waals surface area contributed by atoms with Gasteiger partial charge in [-0.05, 0) is 25.8 Å². The molecule has 1 saturated carbocycles. The normalized spacial score (nSPS) is 22.4. The first-order valence-electron chi connectivity index (χ1n) is 4.70. The SMILES string of the molecule is CC(S)CCNC1CCCC1. The Balaban J connectivity index is 1.94. The predicted molar refractivity (Wildman–Crippen MR) is 53.3 cm³/mol. The maximum absolute atomic E-state index is 4.33. The van der Waals surface area contributed by atoms with Crippen LogP contribution < -0.4 is 5.32 Å². The molecule has 0 heterocycles. The van der Waals surface area contributed by atoms with E-state index in [1.807, 2.05) is 0 Å². The molecule has 1 aliphatic carbocycles. The molecule has 1 aliphatic rings. The van der Waals surface area contributed by atoms with Gasteiger partial charge in [-0.1, -0.05) is 19.8 Å². The molecule has 0 spiro atoms. The highest BCUT2D eigenvalue weighted by Crippen LogP contribution is 2.17. The fourth-order valence-electron chi connectivity index (χ4n) is 1.63. The molecule has 1 N–H and O–H groups in total. The monoisotopic (exact) mass is 173 g/mol. The summed E-state index contributed by atoms with van der Waals surface area (Å²) < 4.78 is 0. The second-order valence-electron chi connectivity index (χ2n) is 3.57. The van der Waals surface area contributed by atoms with Gasteiger partial charge in [0.25, 0.3) is 0 Å². The van der Waals surface area contributed by atoms with E-state index in [4.69, 9.17) is 0 Å². The summed E-state index contributed by atoms with van der Waals surface area (Å²) in [5.74, 6) is 0. The van der Waals surface area contributed by atoms with Gasteiger partial charge in [-0.2, -0.15) is 12.6 Å². The molecule has 0 saturated heterocycles. The molecule has 1 nitrogen and oxygen atoms in total. The molecule has 0 radical (unpaired) electrons. The molecule has 1 fully saturated rings. The van der Waals surface area contributed by atoms with Crippen LogP contribution in [-0.2, 0) is 0 Å². The lowest BCUT2D eigenvalue weighted by molar-refractivity contribution is 0.515. The summed E-state index contributed by atoms with van der Waals surface area (Å²) in [6, 6.07) is 0.821. The van der Waals surface area contributed by atoms with Gasteiger partial charge in [-0.25, -0.2) is 0 Å². The molecule has 11 heavy (non-hydrogen) atoms. The van der Waals surface area contributed by atoms with Gasteiger partial charge < -0.3 is 5.32 Å². The fraction of sp³-hybridized carbons (Fsp3) is 1.00. The van der Waals surface area contributed by atoms with Crippen LogP contribution in [0.4, 0.5) is 0 Å². The fourth-order valence-corrected chi connectivity index (χ4v) is 1.76. The minimum Gasteiger partial charge on any atom is -0.314 e. The third kappa shape index (κ3) is 4.02. The second kappa shape index (κ2) is 5.04. The second-order valence-corrected chi connectivity index (χ2v) is 4.45. The number of rotatable bonds is 4. The molecule has 0 amide bonds. The van der Waals surface area contributed by atoms with Crippen LogP contribution in [0.15, 0.2) is 0 Å². The molecule has 0 aromatic rings. The van der Waals surface area contributed by atoms with Crippen LogP contribution in [0.5, 0.6) is 0 Å². The van der Waals surface area contributed by atoms with Crippen LogP contribution in [0, 0.1) is 0 Å². The summed E-state index contributed by atoms with van der Waals surface area (Å²) in [6.07, 6.45) is 6.82. The van der Waals surface area contributed by atoms with Crippen LogP contribution in [0.1, 0.15) is 39.0 Å². The maximum atomic E-state index is 4.33. The topological polar surface area (TPSA) is 12.0 Å². The van der Waals surface area contributed by atoms with E-state index < -0.39 is 0 Å². The molecule has 0 aromatic heterocycles. The van der Waals surface area contributed by atoms with E-state index >= 15 is 0 Å². The van der Waals surface area contributed by atoms with E-state index in [2.05, 4.69) is 24.9 Å². The molecular weight excluding hydrogens is 154 g/mol. The Morgan fingerprint density at radius 3 is 2.64 bits per heavy atom. The standard InChI is InChI=1S/C9H19NS/c1-8(11)6-7-10-9-4-2-3-5-9/h8-11H,2-7H2,1H3. The van der Waals surface area contributed by atoms with Gasteiger partial charge in [0.15, 0.2) is 0 Å². The van der Waals surface area contributed by atoms with Crippen molar-refractivity contribution in [3.63, 3.8) is 0 Å². The lowest BCUT2D eigenvalue weighted by atomic mass is 10.2. The highest BCUT2D eigenvalue weighted by atomic mass is 32.1. The Morgan fingerprint density at radius 2 is 2.09 bits per heavy atom. The maximum Gasteiger partial charge on any atom is 0.00670 e. The zero-order chi connectivity index (χ0) is 8.10. The highest BCUT2D eigenvalue weighted by molar-refractivity contribution is 7.80. The summed E-state index contributed by atoms with van der Waals surface area (Å²) in [5, 5.41) is 4.11. The molecule has 66 valence electrons. The largest absolute Gasteiger partial charge is 0.314 e. The van der Waals surface area contributed by atoms with Crippen LogP contribution >= 0.6 is 12.6 Å². The van der Waals surface area contributed by atoms with Crippen LogP contribution in [0.25, 0.3) is 0 Å². The number of thiol groups is 1. The van der Waals surface area contributed by atoms with Crippen molar-refractivity contribution >= 4 is 12.6 Å². The van der Waals surface area contributed by atoms with Crippen molar-refractivity contribution in [1.29, 1.82) is 0 Å². The van der Waals surface area contributed by atoms with E-state index in [1.165, 1.54) is 32.1 Å². The van der Waals surface area contributed by atoms with Crippen LogP contribution in [0.2, 0.25) is 0 Å². The third-order valence-corrected chi connectivity index (χ3v) is 2.61. The third-order valence-electron chi connectivity index (χ3n) is 2.35. The minimum absolute atomic E-state index is 0.545. The van der Waals surface area contributed by atoms with Gasteiger partial charge in [-0.15, -0.1) is 0 Å². The first kappa shape index (κ1) is 9.40. The Hall–Kier alpha value is 0.310. The molecule has 1 atom stereocenters.